The molecule has 0 aliphatic heterocycles. The third-order valence-electron chi connectivity index (χ3n) is 1.53. The molecule has 1 heterocycles. The van der Waals surface area contributed by atoms with Gasteiger partial charge in [0.15, 0.2) is 5.82 Å². The maximum Gasteiger partial charge on any atom is 0.177 e. The molecule has 1 N–H and O–H groups in total. The van der Waals surface area contributed by atoms with Gasteiger partial charge in [0.2, 0.25) is 0 Å². The van der Waals surface area contributed by atoms with Gasteiger partial charge in [-0.05, 0) is 32.9 Å². The molecular formula is C8H16N4O. The summed E-state index contributed by atoms with van der Waals surface area (Å²) in [6.45, 7) is 7.71. The van der Waals surface area contributed by atoms with E-state index in [1.165, 1.54) is 0 Å². The Morgan fingerprint density at radius 1 is 1.46 bits per heavy atom. The van der Waals surface area contributed by atoms with Crippen molar-refractivity contribution in [2.75, 3.05) is 0 Å². The number of hydrogen-bond donors (Lipinski definition) is 1. The van der Waals surface area contributed by atoms with E-state index in [9.17, 15) is 0 Å². The van der Waals surface area contributed by atoms with Gasteiger partial charge >= 0.3 is 0 Å². The molecule has 0 fully saturated rings. The predicted molar refractivity (Wildman–Crippen MR) is 48.2 cm³/mol. The summed E-state index contributed by atoms with van der Waals surface area (Å²) < 4.78 is 0. The minimum absolute atomic E-state index is 0.149. The fourth-order valence-electron chi connectivity index (χ4n) is 0.873. The number of aromatic nitrogens is 4. The molecule has 5 heteroatoms. The number of hydrogen-bond acceptors (Lipinski definition) is 4. The van der Waals surface area contributed by atoms with Crippen LogP contribution >= 0.6 is 0 Å². The minimum Gasteiger partial charge on any atom is -0.393 e. The molecular weight excluding hydrogens is 168 g/mol. The molecule has 0 saturated heterocycles. The van der Waals surface area contributed by atoms with E-state index >= 15 is 0 Å². The SMILES string of the molecule is C[C@@H](O)Cc1nnn(C(C)(C)C)n1. The van der Waals surface area contributed by atoms with Gasteiger partial charge in [0, 0.05) is 6.42 Å². The van der Waals surface area contributed by atoms with Crippen LogP contribution in [-0.2, 0) is 12.0 Å². The van der Waals surface area contributed by atoms with Crippen LogP contribution in [0.25, 0.3) is 0 Å². The van der Waals surface area contributed by atoms with Gasteiger partial charge in [-0.25, -0.2) is 0 Å². The van der Waals surface area contributed by atoms with Gasteiger partial charge in [-0.1, -0.05) is 0 Å². The van der Waals surface area contributed by atoms with Crippen LogP contribution in [0.1, 0.15) is 33.5 Å². The molecule has 0 spiro atoms. The van der Waals surface area contributed by atoms with E-state index in [1.807, 2.05) is 20.8 Å². The van der Waals surface area contributed by atoms with Crippen molar-refractivity contribution in [2.24, 2.45) is 0 Å². The molecule has 1 rings (SSSR count). The van der Waals surface area contributed by atoms with Gasteiger partial charge in [0.05, 0.1) is 11.6 Å². The first kappa shape index (κ1) is 10.1. The second-order valence-electron chi connectivity index (χ2n) is 4.22. The number of nitrogens with zero attached hydrogens (tertiary/aromatic N) is 4. The van der Waals surface area contributed by atoms with Gasteiger partial charge in [-0.3, -0.25) is 0 Å². The maximum atomic E-state index is 9.10. The smallest absolute Gasteiger partial charge is 0.177 e. The lowest BCUT2D eigenvalue weighted by molar-refractivity contribution is 0.192. The summed E-state index contributed by atoms with van der Waals surface area (Å²) in [5.41, 5.74) is -0.149. The third kappa shape index (κ3) is 2.77. The van der Waals surface area contributed by atoms with E-state index in [4.69, 9.17) is 5.11 Å². The fourth-order valence-corrected chi connectivity index (χ4v) is 0.873. The molecule has 0 aromatic carbocycles. The van der Waals surface area contributed by atoms with Crippen LogP contribution in [0.3, 0.4) is 0 Å². The van der Waals surface area contributed by atoms with E-state index in [2.05, 4.69) is 15.4 Å². The van der Waals surface area contributed by atoms with E-state index < -0.39 is 6.10 Å². The third-order valence-corrected chi connectivity index (χ3v) is 1.53. The Bertz CT molecular complexity index is 274. The van der Waals surface area contributed by atoms with Crippen molar-refractivity contribution in [3.8, 4) is 0 Å². The second-order valence-corrected chi connectivity index (χ2v) is 4.22. The highest BCUT2D eigenvalue weighted by Crippen LogP contribution is 2.09. The summed E-state index contributed by atoms with van der Waals surface area (Å²) in [4.78, 5) is 1.56. The Hall–Kier alpha value is -0.970. The lowest BCUT2D eigenvalue weighted by atomic mass is 10.1. The normalized spacial score (nSPS) is 14.5. The van der Waals surface area contributed by atoms with Crippen molar-refractivity contribution < 1.29 is 5.11 Å². The average molecular weight is 184 g/mol. The maximum absolute atomic E-state index is 9.10. The topological polar surface area (TPSA) is 63.8 Å². The number of aliphatic hydroxyl groups is 1. The van der Waals surface area contributed by atoms with Gasteiger partial charge in [-0.15, -0.1) is 10.2 Å². The van der Waals surface area contributed by atoms with Crippen molar-refractivity contribution in [2.45, 2.75) is 45.8 Å². The van der Waals surface area contributed by atoms with Crippen molar-refractivity contribution in [3.05, 3.63) is 5.82 Å². The van der Waals surface area contributed by atoms with E-state index in [0.29, 0.717) is 12.2 Å². The standard InChI is InChI=1S/C8H16N4O/c1-6(13)5-7-9-11-12(10-7)8(2,3)4/h6,13H,5H2,1-4H3/t6-/m1/s1. The van der Waals surface area contributed by atoms with Crippen LogP contribution in [-0.4, -0.2) is 31.4 Å². The average Bonchev–Trinajstić information content (AvgIpc) is 2.32. The van der Waals surface area contributed by atoms with Crippen molar-refractivity contribution >= 4 is 0 Å². The summed E-state index contributed by atoms with van der Waals surface area (Å²) in [6, 6.07) is 0. The van der Waals surface area contributed by atoms with Gasteiger partial charge in [0.1, 0.15) is 0 Å². The highest BCUT2D eigenvalue weighted by atomic mass is 16.3. The van der Waals surface area contributed by atoms with Crippen molar-refractivity contribution in [3.63, 3.8) is 0 Å². The van der Waals surface area contributed by atoms with Crippen molar-refractivity contribution in [1.29, 1.82) is 0 Å². The molecule has 0 aliphatic rings. The Morgan fingerprint density at radius 3 is 2.46 bits per heavy atom. The van der Waals surface area contributed by atoms with Crippen LogP contribution in [0.4, 0.5) is 0 Å². The predicted octanol–water partition coefficient (Wildman–Crippen LogP) is 0.351. The summed E-state index contributed by atoms with van der Waals surface area (Å²) in [7, 11) is 0. The number of tetrazole rings is 1. The summed E-state index contributed by atoms with van der Waals surface area (Å²) in [5, 5.41) is 21.0. The molecule has 13 heavy (non-hydrogen) atoms. The second kappa shape index (κ2) is 3.41. The molecule has 0 radical (unpaired) electrons. The number of aliphatic hydroxyl groups excluding tert-OH is 1. The summed E-state index contributed by atoms with van der Waals surface area (Å²) >= 11 is 0. The first-order valence-electron chi connectivity index (χ1n) is 4.37. The molecule has 0 saturated carbocycles. The van der Waals surface area contributed by atoms with E-state index in [1.54, 1.807) is 11.7 Å². The summed E-state index contributed by atoms with van der Waals surface area (Å²) in [6.07, 6.45) is 0.0356. The van der Waals surface area contributed by atoms with Crippen LogP contribution in [0.15, 0.2) is 0 Å². The highest BCUT2D eigenvalue weighted by molar-refractivity contribution is 4.81. The van der Waals surface area contributed by atoms with Gasteiger partial charge < -0.3 is 5.11 Å². The van der Waals surface area contributed by atoms with Crippen LogP contribution in [0, 0.1) is 0 Å². The molecule has 0 amide bonds. The monoisotopic (exact) mass is 184 g/mol. The van der Waals surface area contributed by atoms with Crippen LogP contribution in [0.5, 0.6) is 0 Å². The molecule has 74 valence electrons. The molecule has 1 aromatic rings. The zero-order valence-corrected chi connectivity index (χ0v) is 8.52. The minimum atomic E-state index is -0.419. The molecule has 0 unspecified atom stereocenters. The Labute approximate surface area is 77.8 Å². The molecule has 0 aliphatic carbocycles. The fraction of sp³-hybridized carbons (Fsp3) is 0.875. The van der Waals surface area contributed by atoms with E-state index in [-0.39, 0.29) is 5.54 Å². The first-order chi connectivity index (χ1) is 5.89. The largest absolute Gasteiger partial charge is 0.393 e. The highest BCUT2D eigenvalue weighted by Gasteiger charge is 2.17. The Kier molecular flexibility index (Phi) is 2.66. The molecule has 5 nitrogen and oxygen atoms in total. The van der Waals surface area contributed by atoms with Gasteiger partial charge in [-0.2, -0.15) is 4.80 Å². The van der Waals surface area contributed by atoms with E-state index in [0.717, 1.165) is 0 Å². The molecule has 1 atom stereocenters. The quantitative estimate of drug-likeness (QED) is 0.720. The van der Waals surface area contributed by atoms with Gasteiger partial charge in [0.25, 0.3) is 0 Å². The zero-order valence-electron chi connectivity index (χ0n) is 8.52. The summed E-state index contributed by atoms with van der Waals surface area (Å²) in [5.74, 6) is 0.588. The zero-order chi connectivity index (χ0) is 10.1. The number of rotatable bonds is 2. The lowest BCUT2D eigenvalue weighted by Crippen LogP contribution is -2.24. The van der Waals surface area contributed by atoms with Crippen LogP contribution in [0.2, 0.25) is 0 Å². The Morgan fingerprint density at radius 2 is 2.08 bits per heavy atom. The lowest BCUT2D eigenvalue weighted by Gasteiger charge is -2.15. The molecule has 0 bridgehead atoms. The van der Waals surface area contributed by atoms with Crippen LogP contribution < -0.4 is 0 Å². The van der Waals surface area contributed by atoms with Crippen molar-refractivity contribution in [1.82, 2.24) is 20.2 Å². The first-order valence-corrected chi connectivity index (χ1v) is 4.37. The molecule has 1 aromatic heterocycles. The Balaban J connectivity index is 2.75.